The summed E-state index contributed by atoms with van der Waals surface area (Å²) in [4.78, 5) is 13.7. The lowest BCUT2D eigenvalue weighted by atomic mass is 10.0. The molecule has 1 aliphatic carbocycles. The average Bonchev–Trinajstić information content (AvgIpc) is 2.34. The fraction of sp³-hybridized carbons (Fsp3) is 0.909. The molecule has 0 aromatic heterocycles. The van der Waals surface area contributed by atoms with E-state index in [0.29, 0.717) is 11.7 Å². The second-order valence-electron chi connectivity index (χ2n) is 5.11. The van der Waals surface area contributed by atoms with Crippen molar-refractivity contribution in [2.24, 2.45) is 5.92 Å². The van der Waals surface area contributed by atoms with Crippen LogP contribution < -0.4 is 0 Å². The summed E-state index contributed by atoms with van der Waals surface area (Å²) in [6.45, 7) is 7.49. The molecule has 1 rings (SSSR count). The van der Waals surface area contributed by atoms with Crippen molar-refractivity contribution >= 4 is 5.78 Å². The van der Waals surface area contributed by atoms with Crippen LogP contribution in [-0.4, -0.2) is 29.8 Å². The lowest BCUT2D eigenvalue weighted by Gasteiger charge is -2.33. The van der Waals surface area contributed by atoms with Crippen LogP contribution in [0, 0.1) is 5.92 Å². The third-order valence-corrected chi connectivity index (χ3v) is 3.07. The molecule has 0 spiro atoms. The van der Waals surface area contributed by atoms with E-state index >= 15 is 0 Å². The lowest BCUT2D eigenvalue weighted by molar-refractivity contribution is -0.121. The highest BCUT2D eigenvalue weighted by atomic mass is 16.1. The summed E-state index contributed by atoms with van der Waals surface area (Å²) in [5, 5.41) is 0. The molecule has 0 aromatic carbocycles. The fourth-order valence-electron chi connectivity index (χ4n) is 1.69. The van der Waals surface area contributed by atoms with Crippen molar-refractivity contribution in [2.75, 3.05) is 13.6 Å². The van der Waals surface area contributed by atoms with Gasteiger partial charge in [-0.05, 0) is 40.7 Å². The van der Waals surface area contributed by atoms with Crippen molar-refractivity contribution in [2.45, 2.75) is 45.6 Å². The molecular weight excluding hydrogens is 162 g/mol. The Bertz CT molecular complexity index is 193. The van der Waals surface area contributed by atoms with E-state index in [9.17, 15) is 4.79 Å². The summed E-state index contributed by atoms with van der Waals surface area (Å²) >= 11 is 0. The number of carbonyl (C=O) groups excluding carboxylic acids is 1. The first-order valence-electron chi connectivity index (χ1n) is 5.15. The fourth-order valence-corrected chi connectivity index (χ4v) is 1.69. The van der Waals surface area contributed by atoms with E-state index in [2.05, 4.69) is 32.7 Å². The van der Waals surface area contributed by atoms with Gasteiger partial charge in [-0.2, -0.15) is 0 Å². The second kappa shape index (κ2) is 3.79. The highest BCUT2D eigenvalue weighted by Crippen LogP contribution is 2.24. The molecule has 0 saturated heterocycles. The van der Waals surface area contributed by atoms with E-state index in [1.54, 1.807) is 0 Å². The molecule has 0 heterocycles. The zero-order chi connectivity index (χ0) is 10.1. The summed E-state index contributed by atoms with van der Waals surface area (Å²) in [6.07, 6.45) is 3.00. The maximum atomic E-state index is 11.4. The molecule has 0 radical (unpaired) electrons. The van der Waals surface area contributed by atoms with Crippen LogP contribution in [0.25, 0.3) is 0 Å². The highest BCUT2D eigenvalue weighted by molar-refractivity contribution is 5.83. The zero-order valence-corrected chi connectivity index (χ0v) is 9.26. The van der Waals surface area contributed by atoms with E-state index in [1.165, 1.54) is 0 Å². The summed E-state index contributed by atoms with van der Waals surface area (Å²) in [6, 6.07) is 0. The summed E-state index contributed by atoms with van der Waals surface area (Å²) in [5.74, 6) is 0.778. The third-order valence-electron chi connectivity index (χ3n) is 3.07. The van der Waals surface area contributed by atoms with Crippen LogP contribution in [0.4, 0.5) is 0 Å². The number of nitrogens with zero attached hydrogens (tertiary/aromatic N) is 1. The van der Waals surface area contributed by atoms with Crippen LogP contribution in [0.1, 0.15) is 40.0 Å². The first-order chi connectivity index (χ1) is 5.91. The van der Waals surface area contributed by atoms with Crippen molar-refractivity contribution in [3.63, 3.8) is 0 Å². The van der Waals surface area contributed by atoms with Crippen LogP contribution in [0.3, 0.4) is 0 Å². The van der Waals surface area contributed by atoms with Crippen molar-refractivity contribution in [1.29, 1.82) is 0 Å². The van der Waals surface area contributed by atoms with Crippen LogP contribution in [-0.2, 0) is 4.79 Å². The Hall–Kier alpha value is -0.370. The molecule has 1 unspecified atom stereocenters. The number of rotatable bonds is 2. The minimum absolute atomic E-state index is 0.183. The molecule has 1 saturated carbocycles. The first kappa shape index (κ1) is 10.7. The Balaban J connectivity index is 2.44. The number of hydrogen-bond donors (Lipinski definition) is 0. The van der Waals surface area contributed by atoms with Gasteiger partial charge in [0.25, 0.3) is 0 Å². The molecule has 0 aromatic rings. The standard InChI is InChI=1S/C11H21NO/c1-11(2,3)12(4)8-9-6-5-7-10(9)13/h9H,5-8H2,1-4H3. The predicted molar refractivity (Wildman–Crippen MR) is 54.7 cm³/mol. The smallest absolute Gasteiger partial charge is 0.137 e. The van der Waals surface area contributed by atoms with Gasteiger partial charge >= 0.3 is 0 Å². The zero-order valence-electron chi connectivity index (χ0n) is 9.26. The van der Waals surface area contributed by atoms with Gasteiger partial charge in [0.2, 0.25) is 0 Å². The minimum Gasteiger partial charge on any atom is -0.301 e. The highest BCUT2D eigenvalue weighted by Gasteiger charge is 2.28. The Kier molecular flexibility index (Phi) is 3.12. The molecule has 1 aliphatic rings. The van der Waals surface area contributed by atoms with Gasteiger partial charge in [0.15, 0.2) is 0 Å². The van der Waals surface area contributed by atoms with Crippen LogP contribution >= 0.6 is 0 Å². The Morgan fingerprint density at radius 1 is 1.46 bits per heavy atom. The first-order valence-corrected chi connectivity index (χ1v) is 5.15. The van der Waals surface area contributed by atoms with Crippen molar-refractivity contribution in [3.05, 3.63) is 0 Å². The Morgan fingerprint density at radius 2 is 2.08 bits per heavy atom. The van der Waals surface area contributed by atoms with Gasteiger partial charge in [-0.25, -0.2) is 0 Å². The van der Waals surface area contributed by atoms with E-state index in [4.69, 9.17) is 0 Å². The van der Waals surface area contributed by atoms with Crippen LogP contribution in [0.2, 0.25) is 0 Å². The predicted octanol–water partition coefficient (Wildman–Crippen LogP) is 2.09. The monoisotopic (exact) mass is 183 g/mol. The van der Waals surface area contributed by atoms with Gasteiger partial charge in [-0.3, -0.25) is 4.79 Å². The third kappa shape index (κ3) is 2.80. The van der Waals surface area contributed by atoms with E-state index in [1.807, 2.05) is 0 Å². The molecule has 13 heavy (non-hydrogen) atoms. The average molecular weight is 183 g/mol. The summed E-state index contributed by atoms with van der Waals surface area (Å²) < 4.78 is 0. The van der Waals surface area contributed by atoms with Gasteiger partial charge in [-0.15, -0.1) is 0 Å². The van der Waals surface area contributed by atoms with Gasteiger partial charge in [0, 0.05) is 24.4 Å². The van der Waals surface area contributed by atoms with Crippen LogP contribution in [0.5, 0.6) is 0 Å². The number of hydrogen-bond acceptors (Lipinski definition) is 2. The second-order valence-corrected chi connectivity index (χ2v) is 5.11. The molecule has 0 amide bonds. The molecule has 0 bridgehead atoms. The molecular formula is C11H21NO. The normalized spacial score (nSPS) is 24.4. The van der Waals surface area contributed by atoms with Gasteiger partial charge in [0.1, 0.15) is 5.78 Å². The molecule has 1 atom stereocenters. The minimum atomic E-state index is 0.183. The maximum Gasteiger partial charge on any atom is 0.137 e. The van der Waals surface area contributed by atoms with E-state index < -0.39 is 0 Å². The molecule has 76 valence electrons. The lowest BCUT2D eigenvalue weighted by Crippen LogP contribution is -2.41. The van der Waals surface area contributed by atoms with Crippen molar-refractivity contribution < 1.29 is 4.79 Å². The van der Waals surface area contributed by atoms with Crippen molar-refractivity contribution in [1.82, 2.24) is 4.90 Å². The summed E-state index contributed by atoms with van der Waals surface area (Å²) in [5.41, 5.74) is 0.183. The van der Waals surface area contributed by atoms with Gasteiger partial charge < -0.3 is 4.90 Å². The molecule has 0 N–H and O–H groups in total. The van der Waals surface area contributed by atoms with Crippen LogP contribution in [0.15, 0.2) is 0 Å². The Labute approximate surface area is 81.3 Å². The quantitative estimate of drug-likeness (QED) is 0.653. The summed E-state index contributed by atoms with van der Waals surface area (Å²) in [7, 11) is 2.10. The maximum absolute atomic E-state index is 11.4. The van der Waals surface area contributed by atoms with Gasteiger partial charge in [0.05, 0.1) is 0 Å². The number of ketones is 1. The van der Waals surface area contributed by atoms with Gasteiger partial charge in [-0.1, -0.05) is 0 Å². The number of carbonyl (C=O) groups is 1. The van der Waals surface area contributed by atoms with Crippen molar-refractivity contribution in [3.8, 4) is 0 Å². The topological polar surface area (TPSA) is 20.3 Å². The van der Waals surface area contributed by atoms with E-state index in [0.717, 1.165) is 25.8 Å². The Morgan fingerprint density at radius 3 is 2.46 bits per heavy atom. The number of Topliss-reactive ketones (excluding diaryl/α,β-unsaturated/α-hetero) is 1. The van der Waals surface area contributed by atoms with E-state index in [-0.39, 0.29) is 5.54 Å². The molecule has 0 aliphatic heterocycles. The molecule has 2 nitrogen and oxygen atoms in total. The molecule has 2 heteroatoms. The largest absolute Gasteiger partial charge is 0.301 e. The molecule has 1 fully saturated rings. The SMILES string of the molecule is CN(CC1CCCC1=O)C(C)(C)C.